The monoisotopic (exact) mass is 324 g/mol. The highest BCUT2D eigenvalue weighted by Gasteiger charge is 2.15. The van der Waals surface area contributed by atoms with Gasteiger partial charge in [-0.15, -0.1) is 10.2 Å². The summed E-state index contributed by atoms with van der Waals surface area (Å²) in [6, 6.07) is 9.64. The summed E-state index contributed by atoms with van der Waals surface area (Å²) in [5, 5.41) is 8.65. The predicted octanol–water partition coefficient (Wildman–Crippen LogP) is 3.34. The Morgan fingerprint density at radius 1 is 0.833 bits per heavy atom. The van der Waals surface area contributed by atoms with E-state index in [9.17, 15) is 0 Å². The van der Waals surface area contributed by atoms with E-state index in [-0.39, 0.29) is 0 Å². The van der Waals surface area contributed by atoms with Crippen LogP contribution in [0.15, 0.2) is 42.7 Å². The number of benzene rings is 1. The number of nitrogens with zero attached hydrogens (tertiary/aromatic N) is 4. The van der Waals surface area contributed by atoms with Crippen molar-refractivity contribution < 1.29 is 9.47 Å². The van der Waals surface area contributed by atoms with Crippen molar-refractivity contribution in [3.8, 4) is 34.3 Å². The Bertz CT molecular complexity index is 815. The Labute approximate surface area is 141 Å². The first-order chi connectivity index (χ1) is 11.7. The summed E-state index contributed by atoms with van der Waals surface area (Å²) in [7, 11) is 1.95. The molecule has 0 unspecified atom stereocenters. The standard InChI is InChI=1S/C18H20N4O2/c1-4-23-15-7-6-14(12-16(15)24-5-2)18-21-20-17(22(18)3)13-8-10-19-11-9-13/h6-12H,4-5H2,1-3H3. The molecule has 0 saturated heterocycles. The van der Waals surface area contributed by atoms with Gasteiger partial charge in [0.05, 0.1) is 13.2 Å². The minimum absolute atomic E-state index is 0.574. The van der Waals surface area contributed by atoms with Crippen LogP contribution >= 0.6 is 0 Å². The van der Waals surface area contributed by atoms with Crippen molar-refractivity contribution in [3.63, 3.8) is 0 Å². The lowest BCUT2D eigenvalue weighted by Crippen LogP contribution is -2.00. The molecule has 0 atom stereocenters. The molecule has 2 aromatic heterocycles. The molecular weight excluding hydrogens is 304 g/mol. The summed E-state index contributed by atoms with van der Waals surface area (Å²) in [5.41, 5.74) is 1.90. The molecule has 0 fully saturated rings. The highest BCUT2D eigenvalue weighted by atomic mass is 16.5. The van der Waals surface area contributed by atoms with Gasteiger partial charge in [-0.2, -0.15) is 0 Å². The van der Waals surface area contributed by atoms with Gasteiger partial charge in [0.1, 0.15) is 0 Å². The molecule has 0 radical (unpaired) electrons. The molecular formula is C18H20N4O2. The lowest BCUT2D eigenvalue weighted by atomic mass is 10.2. The summed E-state index contributed by atoms with van der Waals surface area (Å²) in [6.45, 7) is 5.07. The molecule has 6 heteroatoms. The summed E-state index contributed by atoms with van der Waals surface area (Å²) < 4.78 is 13.3. The molecule has 0 bridgehead atoms. The second kappa shape index (κ2) is 7.12. The second-order valence-corrected chi connectivity index (χ2v) is 5.17. The molecule has 6 nitrogen and oxygen atoms in total. The van der Waals surface area contributed by atoms with E-state index < -0.39 is 0 Å². The lowest BCUT2D eigenvalue weighted by molar-refractivity contribution is 0.288. The fourth-order valence-corrected chi connectivity index (χ4v) is 2.52. The van der Waals surface area contributed by atoms with Gasteiger partial charge in [0.15, 0.2) is 23.1 Å². The van der Waals surface area contributed by atoms with Gasteiger partial charge in [0.25, 0.3) is 0 Å². The molecule has 124 valence electrons. The zero-order valence-electron chi connectivity index (χ0n) is 14.1. The molecule has 24 heavy (non-hydrogen) atoms. The summed E-state index contributed by atoms with van der Waals surface area (Å²) in [4.78, 5) is 4.04. The van der Waals surface area contributed by atoms with Crippen molar-refractivity contribution in [1.29, 1.82) is 0 Å². The molecule has 0 amide bonds. The van der Waals surface area contributed by atoms with Crippen molar-refractivity contribution in [1.82, 2.24) is 19.7 Å². The van der Waals surface area contributed by atoms with Gasteiger partial charge in [-0.05, 0) is 44.2 Å². The van der Waals surface area contributed by atoms with Crippen LogP contribution in [-0.4, -0.2) is 33.0 Å². The lowest BCUT2D eigenvalue weighted by Gasteiger charge is -2.12. The largest absolute Gasteiger partial charge is 0.490 e. The molecule has 1 aromatic carbocycles. The van der Waals surface area contributed by atoms with E-state index in [1.807, 2.05) is 55.8 Å². The van der Waals surface area contributed by atoms with E-state index in [0.717, 1.165) is 28.5 Å². The Morgan fingerprint density at radius 2 is 1.46 bits per heavy atom. The van der Waals surface area contributed by atoms with Crippen LogP contribution in [0.3, 0.4) is 0 Å². The number of pyridine rings is 1. The molecule has 0 aliphatic rings. The summed E-state index contributed by atoms with van der Waals surface area (Å²) >= 11 is 0. The molecule has 0 aliphatic carbocycles. The van der Waals surface area contributed by atoms with Crippen LogP contribution < -0.4 is 9.47 Å². The van der Waals surface area contributed by atoms with E-state index in [1.54, 1.807) is 12.4 Å². The SMILES string of the molecule is CCOc1ccc(-c2nnc(-c3ccncc3)n2C)cc1OCC. The van der Waals surface area contributed by atoms with Crippen LogP contribution in [0, 0.1) is 0 Å². The second-order valence-electron chi connectivity index (χ2n) is 5.17. The van der Waals surface area contributed by atoms with Gasteiger partial charge in [-0.3, -0.25) is 4.98 Å². The summed E-state index contributed by atoms with van der Waals surface area (Å²) in [6.07, 6.45) is 3.49. The molecule has 0 aliphatic heterocycles. The predicted molar refractivity (Wildman–Crippen MR) is 92.0 cm³/mol. The Morgan fingerprint density at radius 3 is 2.12 bits per heavy atom. The maximum Gasteiger partial charge on any atom is 0.164 e. The van der Waals surface area contributed by atoms with Crippen molar-refractivity contribution in [2.45, 2.75) is 13.8 Å². The molecule has 0 N–H and O–H groups in total. The minimum Gasteiger partial charge on any atom is -0.490 e. The Balaban J connectivity index is 2.00. The number of aromatic nitrogens is 4. The first kappa shape index (κ1) is 16.0. The van der Waals surface area contributed by atoms with Crippen LogP contribution in [0.2, 0.25) is 0 Å². The van der Waals surface area contributed by atoms with E-state index in [1.165, 1.54) is 0 Å². The topological polar surface area (TPSA) is 62.1 Å². The zero-order chi connectivity index (χ0) is 16.9. The van der Waals surface area contributed by atoms with Crippen LogP contribution in [0.5, 0.6) is 11.5 Å². The van der Waals surface area contributed by atoms with Gasteiger partial charge in [0, 0.05) is 30.6 Å². The van der Waals surface area contributed by atoms with Gasteiger partial charge in [-0.1, -0.05) is 0 Å². The van der Waals surface area contributed by atoms with Gasteiger partial charge >= 0.3 is 0 Å². The average molecular weight is 324 g/mol. The number of hydrogen-bond donors (Lipinski definition) is 0. The first-order valence-corrected chi connectivity index (χ1v) is 7.94. The quantitative estimate of drug-likeness (QED) is 0.696. The molecule has 3 rings (SSSR count). The van der Waals surface area contributed by atoms with Crippen LogP contribution in [0.1, 0.15) is 13.8 Å². The third-order valence-electron chi connectivity index (χ3n) is 3.61. The Hall–Kier alpha value is -2.89. The van der Waals surface area contributed by atoms with Crippen LogP contribution in [-0.2, 0) is 7.05 Å². The van der Waals surface area contributed by atoms with E-state index in [4.69, 9.17) is 9.47 Å². The van der Waals surface area contributed by atoms with Crippen molar-refractivity contribution in [3.05, 3.63) is 42.7 Å². The minimum atomic E-state index is 0.574. The van der Waals surface area contributed by atoms with Crippen molar-refractivity contribution >= 4 is 0 Å². The molecule has 2 heterocycles. The maximum absolute atomic E-state index is 5.69. The van der Waals surface area contributed by atoms with Gasteiger partial charge < -0.3 is 14.0 Å². The molecule has 0 spiro atoms. The highest BCUT2D eigenvalue weighted by molar-refractivity contribution is 5.65. The third kappa shape index (κ3) is 3.08. The normalized spacial score (nSPS) is 10.6. The highest BCUT2D eigenvalue weighted by Crippen LogP contribution is 2.33. The summed E-state index contributed by atoms with van der Waals surface area (Å²) in [5.74, 6) is 3.01. The average Bonchev–Trinajstić information content (AvgIpc) is 2.99. The van der Waals surface area contributed by atoms with E-state index in [0.29, 0.717) is 19.0 Å². The smallest absolute Gasteiger partial charge is 0.164 e. The number of rotatable bonds is 6. The fourth-order valence-electron chi connectivity index (χ4n) is 2.52. The van der Waals surface area contributed by atoms with Crippen molar-refractivity contribution in [2.24, 2.45) is 7.05 Å². The third-order valence-corrected chi connectivity index (χ3v) is 3.61. The Kier molecular flexibility index (Phi) is 4.74. The maximum atomic E-state index is 5.69. The molecule has 0 saturated carbocycles. The van der Waals surface area contributed by atoms with Crippen LogP contribution in [0.4, 0.5) is 0 Å². The van der Waals surface area contributed by atoms with Crippen molar-refractivity contribution in [2.75, 3.05) is 13.2 Å². The molecule has 3 aromatic rings. The van der Waals surface area contributed by atoms with E-state index >= 15 is 0 Å². The van der Waals surface area contributed by atoms with E-state index in [2.05, 4.69) is 15.2 Å². The zero-order valence-corrected chi connectivity index (χ0v) is 14.1. The fraction of sp³-hybridized carbons (Fsp3) is 0.278. The number of hydrogen-bond acceptors (Lipinski definition) is 5. The van der Waals surface area contributed by atoms with Gasteiger partial charge in [0.2, 0.25) is 0 Å². The first-order valence-electron chi connectivity index (χ1n) is 7.94. The number of ether oxygens (including phenoxy) is 2. The van der Waals surface area contributed by atoms with Crippen LogP contribution in [0.25, 0.3) is 22.8 Å². The van der Waals surface area contributed by atoms with Gasteiger partial charge in [-0.25, -0.2) is 0 Å².